The summed E-state index contributed by atoms with van der Waals surface area (Å²) in [5, 5.41) is 0. The second-order valence-electron chi connectivity index (χ2n) is 9.16. The molecule has 210 valence electrons. The summed E-state index contributed by atoms with van der Waals surface area (Å²) in [7, 11) is 0. The van der Waals surface area contributed by atoms with Gasteiger partial charge in [-0.25, -0.2) is 9.59 Å². The maximum Gasteiger partial charge on any atom is 0.416 e. The molecule has 0 unspecified atom stereocenters. The van der Waals surface area contributed by atoms with Crippen molar-refractivity contribution in [2.45, 2.75) is 24.2 Å². The number of Topliss-reactive ketones (excluding diaryl/α,β-unsaturated/α-hetero) is 1. The zero-order valence-corrected chi connectivity index (χ0v) is 21.5. The lowest BCUT2D eigenvalue weighted by Gasteiger charge is -2.35. The van der Waals surface area contributed by atoms with Crippen LogP contribution in [-0.4, -0.2) is 36.7 Å². The van der Waals surface area contributed by atoms with Crippen LogP contribution in [-0.2, 0) is 21.8 Å². The van der Waals surface area contributed by atoms with E-state index in [1.807, 2.05) is 0 Å². The quantitative estimate of drug-likeness (QED) is 0.230. The molecule has 0 radical (unpaired) electrons. The van der Waals surface area contributed by atoms with Crippen LogP contribution in [0.3, 0.4) is 0 Å². The van der Waals surface area contributed by atoms with E-state index < -0.39 is 71.0 Å². The van der Waals surface area contributed by atoms with Crippen LogP contribution in [0, 0.1) is 12.3 Å². The summed E-state index contributed by atoms with van der Waals surface area (Å²) < 4.78 is 89.1. The molecule has 1 aliphatic heterocycles. The van der Waals surface area contributed by atoms with E-state index in [0.717, 1.165) is 36.4 Å². The Kier molecular flexibility index (Phi) is 8.02. The molecule has 0 aliphatic carbocycles. The van der Waals surface area contributed by atoms with E-state index in [-0.39, 0.29) is 5.75 Å². The first-order valence-electron chi connectivity index (χ1n) is 11.7. The number of ketones is 1. The lowest BCUT2D eigenvalue weighted by Crippen LogP contribution is -2.46. The highest BCUT2D eigenvalue weighted by molar-refractivity contribution is 7.99. The number of carbonyl (C=O) groups is 3. The summed E-state index contributed by atoms with van der Waals surface area (Å²) >= 11 is 1.22. The van der Waals surface area contributed by atoms with Gasteiger partial charge in [0.05, 0.1) is 22.3 Å². The van der Waals surface area contributed by atoms with Crippen molar-refractivity contribution in [2.24, 2.45) is 5.41 Å². The molecule has 1 heterocycles. The van der Waals surface area contributed by atoms with Crippen molar-refractivity contribution < 1.29 is 50.2 Å². The maximum atomic E-state index is 13.7. The zero-order chi connectivity index (χ0) is 29.3. The number of carbonyl (C=O) groups excluding carboxylic acids is 3. The van der Waals surface area contributed by atoms with Crippen LogP contribution in [0.4, 0.5) is 26.3 Å². The van der Waals surface area contributed by atoms with Gasteiger partial charge in [0.25, 0.3) is 0 Å². The number of benzene rings is 3. The Morgan fingerprint density at radius 3 is 1.75 bits per heavy atom. The molecule has 0 bridgehead atoms. The molecule has 0 fully saturated rings. The number of fused-ring (bicyclic) bond motifs is 1. The van der Waals surface area contributed by atoms with E-state index in [2.05, 4.69) is 0 Å². The molecule has 3 aromatic carbocycles. The van der Waals surface area contributed by atoms with Crippen molar-refractivity contribution in [2.75, 3.05) is 19.0 Å². The first kappa shape index (κ1) is 29.2. The minimum atomic E-state index is -4.70. The molecule has 5 nitrogen and oxygen atoms in total. The van der Waals surface area contributed by atoms with Gasteiger partial charge in [0.15, 0.2) is 5.78 Å². The first-order valence-corrected chi connectivity index (χ1v) is 12.7. The minimum Gasteiger partial charge on any atom is -0.461 e. The van der Waals surface area contributed by atoms with Crippen LogP contribution in [0.1, 0.15) is 47.8 Å². The van der Waals surface area contributed by atoms with Crippen LogP contribution >= 0.6 is 11.8 Å². The Morgan fingerprint density at radius 2 is 1.27 bits per heavy atom. The number of halogens is 6. The number of hydrogen-bond acceptors (Lipinski definition) is 6. The lowest BCUT2D eigenvalue weighted by atomic mass is 9.81. The fourth-order valence-corrected chi connectivity index (χ4v) is 5.38. The van der Waals surface area contributed by atoms with Crippen LogP contribution in [0.25, 0.3) is 0 Å². The summed E-state index contributed by atoms with van der Waals surface area (Å²) in [5.41, 5.74) is -3.72. The second-order valence-corrected chi connectivity index (χ2v) is 10.2. The van der Waals surface area contributed by atoms with Gasteiger partial charge in [0.2, 0.25) is 0 Å². The molecule has 0 saturated heterocycles. The topological polar surface area (TPSA) is 69.7 Å². The van der Waals surface area contributed by atoms with Gasteiger partial charge in [-0.3, -0.25) is 4.79 Å². The van der Waals surface area contributed by atoms with E-state index in [0.29, 0.717) is 28.2 Å². The van der Waals surface area contributed by atoms with Crippen LogP contribution in [0.5, 0.6) is 0 Å². The summed E-state index contributed by atoms with van der Waals surface area (Å²) in [6.07, 6.45) is -9.40. The third-order valence-corrected chi connectivity index (χ3v) is 7.61. The third-order valence-electron chi connectivity index (χ3n) is 6.26. The Morgan fingerprint density at radius 1 is 0.800 bits per heavy atom. The third kappa shape index (κ3) is 6.16. The Bertz CT molecular complexity index is 1390. The summed E-state index contributed by atoms with van der Waals surface area (Å²) in [4.78, 5) is 39.8. The van der Waals surface area contributed by atoms with Crippen LogP contribution < -0.4 is 0 Å². The Labute approximate surface area is 228 Å². The molecule has 0 amide bonds. The normalized spacial score (nSPS) is 14.8. The SMILES string of the molecule is Cc1cccc2c1C(=O)C(COC(=O)c1cccc(C(F)(F)F)c1)(COC(=O)c1cccc(C(F)(F)F)c1)CS2. The smallest absolute Gasteiger partial charge is 0.416 e. The summed E-state index contributed by atoms with van der Waals surface area (Å²) in [6.45, 7) is 0.367. The standard InChI is InChI=1S/C28H20F6O5S/c1-16-5-2-10-21-22(16)23(35)26(15-40-21,13-38-24(36)17-6-3-8-19(11-17)27(29,30)31)14-39-25(37)18-7-4-9-20(12-18)28(32,33)34/h2-12H,13-15H2,1H3. The van der Waals surface area contributed by atoms with Crippen LogP contribution in [0.15, 0.2) is 71.6 Å². The molecular weight excluding hydrogens is 562 g/mol. The molecule has 12 heteroatoms. The van der Waals surface area contributed by atoms with E-state index in [4.69, 9.17) is 9.47 Å². The molecule has 40 heavy (non-hydrogen) atoms. The van der Waals surface area contributed by atoms with Crippen molar-refractivity contribution in [1.29, 1.82) is 0 Å². The monoisotopic (exact) mass is 582 g/mol. The number of esters is 2. The molecule has 0 N–H and O–H groups in total. The van der Waals surface area contributed by atoms with Crippen molar-refractivity contribution >= 4 is 29.5 Å². The number of rotatable bonds is 6. The second kappa shape index (κ2) is 11.0. The highest BCUT2D eigenvalue weighted by Gasteiger charge is 2.46. The van der Waals surface area contributed by atoms with Gasteiger partial charge in [-0.1, -0.05) is 24.3 Å². The lowest BCUT2D eigenvalue weighted by molar-refractivity contribution is -0.138. The van der Waals surface area contributed by atoms with Crippen molar-refractivity contribution in [3.63, 3.8) is 0 Å². The molecule has 0 saturated carbocycles. The van der Waals surface area contributed by atoms with Crippen molar-refractivity contribution in [3.05, 3.63) is 100 Å². The fourth-order valence-electron chi connectivity index (χ4n) is 4.07. The van der Waals surface area contributed by atoms with E-state index in [1.54, 1.807) is 25.1 Å². The number of thioether (sulfide) groups is 1. The first-order chi connectivity index (χ1) is 18.7. The van der Waals surface area contributed by atoms with Gasteiger partial charge in [0.1, 0.15) is 18.6 Å². The number of hydrogen-bond donors (Lipinski definition) is 0. The van der Waals surface area contributed by atoms with Gasteiger partial charge in [0, 0.05) is 16.2 Å². The predicted octanol–water partition coefficient (Wildman–Crippen LogP) is 7.02. The average Bonchev–Trinajstić information content (AvgIpc) is 2.91. The minimum absolute atomic E-state index is 0.0337. The zero-order valence-electron chi connectivity index (χ0n) is 20.7. The molecule has 3 aromatic rings. The number of alkyl halides is 6. The number of ether oxygens (including phenoxy) is 2. The highest BCUT2D eigenvalue weighted by atomic mass is 32.2. The van der Waals surface area contributed by atoms with Gasteiger partial charge in [-0.2, -0.15) is 26.3 Å². The fraction of sp³-hybridized carbons (Fsp3) is 0.250. The largest absolute Gasteiger partial charge is 0.461 e. The summed E-state index contributed by atoms with van der Waals surface area (Å²) in [5.74, 6) is -2.84. The van der Waals surface area contributed by atoms with Crippen molar-refractivity contribution in [3.8, 4) is 0 Å². The van der Waals surface area contributed by atoms with Crippen LogP contribution in [0.2, 0.25) is 0 Å². The highest BCUT2D eigenvalue weighted by Crippen LogP contribution is 2.42. The Balaban J connectivity index is 1.60. The van der Waals surface area contributed by atoms with Gasteiger partial charge in [-0.05, 0) is 55.0 Å². The maximum absolute atomic E-state index is 13.7. The molecule has 0 atom stereocenters. The van der Waals surface area contributed by atoms with Gasteiger partial charge >= 0.3 is 24.3 Å². The molecule has 1 aliphatic rings. The molecule has 0 spiro atoms. The summed E-state index contributed by atoms with van der Waals surface area (Å²) in [6, 6.07) is 12.2. The number of aryl methyl sites for hydroxylation is 1. The average molecular weight is 583 g/mol. The molecular formula is C28H20F6O5S. The van der Waals surface area contributed by atoms with E-state index >= 15 is 0 Å². The van der Waals surface area contributed by atoms with E-state index in [9.17, 15) is 40.7 Å². The predicted molar refractivity (Wildman–Crippen MR) is 132 cm³/mol. The molecule has 4 rings (SSSR count). The Hall–Kier alpha value is -3.80. The van der Waals surface area contributed by atoms with Gasteiger partial charge < -0.3 is 9.47 Å². The van der Waals surface area contributed by atoms with Crippen molar-refractivity contribution in [1.82, 2.24) is 0 Å². The van der Waals surface area contributed by atoms with Gasteiger partial charge in [-0.15, -0.1) is 11.8 Å². The van der Waals surface area contributed by atoms with E-state index in [1.165, 1.54) is 11.8 Å². The molecule has 0 aromatic heterocycles.